The maximum Gasteiger partial charge on any atom is 0.255 e. The number of halogens is 2. The molecule has 0 atom stereocenters. The molecule has 0 unspecified atom stereocenters. The molecule has 5 heteroatoms. The van der Waals surface area contributed by atoms with E-state index in [1.807, 2.05) is 54.6 Å². The van der Waals surface area contributed by atoms with E-state index in [0.717, 1.165) is 29.0 Å². The SMILES string of the molecule is O=C(NCCCc1ccccc1Cl)c1cc(Cl)ccc1OCc1ccccc1. The molecule has 0 saturated carbocycles. The number of hydrogen-bond acceptors (Lipinski definition) is 2. The van der Waals surface area contributed by atoms with Gasteiger partial charge >= 0.3 is 0 Å². The van der Waals surface area contributed by atoms with Crippen LogP contribution >= 0.6 is 23.2 Å². The van der Waals surface area contributed by atoms with E-state index in [9.17, 15) is 4.79 Å². The number of nitrogens with one attached hydrogen (secondary N) is 1. The number of ether oxygens (including phenoxy) is 1. The zero-order valence-corrected chi connectivity index (χ0v) is 16.8. The van der Waals surface area contributed by atoms with Crippen LogP contribution in [0.15, 0.2) is 72.8 Å². The van der Waals surface area contributed by atoms with Crippen LogP contribution in [0.25, 0.3) is 0 Å². The Balaban J connectivity index is 1.57. The Morgan fingerprint density at radius 2 is 1.68 bits per heavy atom. The predicted molar refractivity (Wildman–Crippen MR) is 114 cm³/mol. The third-order valence-corrected chi connectivity index (χ3v) is 4.89. The normalized spacial score (nSPS) is 10.5. The minimum absolute atomic E-state index is 0.204. The van der Waals surface area contributed by atoms with Gasteiger partial charge < -0.3 is 10.1 Å². The van der Waals surface area contributed by atoms with Crippen molar-refractivity contribution in [2.24, 2.45) is 0 Å². The number of hydrogen-bond donors (Lipinski definition) is 1. The Bertz CT molecular complexity index is 929. The largest absolute Gasteiger partial charge is 0.488 e. The van der Waals surface area contributed by atoms with Gasteiger partial charge in [-0.2, -0.15) is 0 Å². The lowest BCUT2D eigenvalue weighted by molar-refractivity contribution is 0.0948. The second kappa shape index (κ2) is 10.2. The molecule has 0 aliphatic rings. The first-order valence-corrected chi connectivity index (χ1v) is 9.87. The molecule has 0 heterocycles. The monoisotopic (exact) mass is 413 g/mol. The second-order valence-electron chi connectivity index (χ2n) is 6.37. The molecule has 0 radical (unpaired) electrons. The third kappa shape index (κ3) is 5.75. The zero-order valence-electron chi connectivity index (χ0n) is 15.3. The molecule has 0 saturated heterocycles. The van der Waals surface area contributed by atoms with Crippen molar-refractivity contribution >= 4 is 29.1 Å². The molecule has 144 valence electrons. The quantitative estimate of drug-likeness (QED) is 0.464. The molecule has 1 amide bonds. The van der Waals surface area contributed by atoms with Gasteiger partial charge in [-0.1, -0.05) is 71.7 Å². The van der Waals surface area contributed by atoms with Crippen LogP contribution in [0.1, 0.15) is 27.9 Å². The van der Waals surface area contributed by atoms with Gasteiger partial charge in [-0.15, -0.1) is 0 Å². The molecular weight excluding hydrogens is 393 g/mol. The molecule has 0 bridgehead atoms. The summed E-state index contributed by atoms with van der Waals surface area (Å²) >= 11 is 12.3. The van der Waals surface area contributed by atoms with E-state index in [0.29, 0.717) is 29.5 Å². The summed E-state index contributed by atoms with van der Waals surface area (Å²) in [7, 11) is 0. The van der Waals surface area contributed by atoms with Crippen molar-refractivity contribution in [2.45, 2.75) is 19.4 Å². The van der Waals surface area contributed by atoms with Crippen molar-refractivity contribution < 1.29 is 9.53 Å². The van der Waals surface area contributed by atoms with E-state index in [-0.39, 0.29) is 5.91 Å². The maximum atomic E-state index is 12.6. The summed E-state index contributed by atoms with van der Waals surface area (Å²) in [5.41, 5.74) is 2.54. The molecule has 0 aliphatic carbocycles. The summed E-state index contributed by atoms with van der Waals surface area (Å²) in [5, 5.41) is 4.18. The highest BCUT2D eigenvalue weighted by molar-refractivity contribution is 6.31. The van der Waals surface area contributed by atoms with Gasteiger partial charge in [-0.25, -0.2) is 0 Å². The van der Waals surface area contributed by atoms with Crippen LogP contribution in [0.2, 0.25) is 10.0 Å². The number of carbonyl (C=O) groups is 1. The van der Waals surface area contributed by atoms with Gasteiger partial charge in [-0.05, 0) is 48.2 Å². The number of aryl methyl sites for hydroxylation is 1. The van der Waals surface area contributed by atoms with Crippen LogP contribution in [0.5, 0.6) is 5.75 Å². The van der Waals surface area contributed by atoms with E-state index in [4.69, 9.17) is 27.9 Å². The Labute approximate surface area is 175 Å². The van der Waals surface area contributed by atoms with Crippen LogP contribution in [0, 0.1) is 0 Å². The number of amides is 1. The van der Waals surface area contributed by atoms with Gasteiger partial charge in [0.1, 0.15) is 12.4 Å². The Hall–Kier alpha value is -2.49. The molecule has 0 fully saturated rings. The number of benzene rings is 3. The summed E-state index contributed by atoms with van der Waals surface area (Å²) in [6, 6.07) is 22.6. The minimum Gasteiger partial charge on any atom is -0.488 e. The maximum absolute atomic E-state index is 12.6. The number of carbonyl (C=O) groups excluding carboxylic acids is 1. The van der Waals surface area contributed by atoms with E-state index in [2.05, 4.69) is 5.32 Å². The summed E-state index contributed by atoms with van der Waals surface area (Å²) in [4.78, 5) is 12.6. The first-order chi connectivity index (χ1) is 13.6. The Morgan fingerprint density at radius 3 is 2.46 bits per heavy atom. The average molecular weight is 414 g/mol. The van der Waals surface area contributed by atoms with Crippen LogP contribution in [-0.2, 0) is 13.0 Å². The smallest absolute Gasteiger partial charge is 0.255 e. The van der Waals surface area contributed by atoms with E-state index in [1.54, 1.807) is 18.2 Å². The predicted octanol–water partition coefficient (Wildman–Crippen LogP) is 5.94. The average Bonchev–Trinajstić information content (AvgIpc) is 2.72. The summed E-state index contributed by atoms with van der Waals surface area (Å²) in [5.74, 6) is 0.307. The molecule has 3 nitrogen and oxygen atoms in total. The van der Waals surface area contributed by atoms with Gasteiger partial charge in [0.05, 0.1) is 5.56 Å². The van der Waals surface area contributed by atoms with Crippen molar-refractivity contribution in [1.29, 1.82) is 0 Å². The van der Waals surface area contributed by atoms with Gasteiger partial charge in [0.25, 0.3) is 5.91 Å². The molecule has 0 aliphatic heterocycles. The lowest BCUT2D eigenvalue weighted by atomic mass is 10.1. The first kappa shape index (κ1) is 20.2. The molecule has 1 N–H and O–H groups in total. The number of rotatable bonds is 8. The lowest BCUT2D eigenvalue weighted by Crippen LogP contribution is -2.25. The van der Waals surface area contributed by atoms with Gasteiger partial charge in [0.15, 0.2) is 0 Å². The lowest BCUT2D eigenvalue weighted by Gasteiger charge is -2.12. The van der Waals surface area contributed by atoms with E-state index in [1.165, 1.54) is 0 Å². The summed E-state index contributed by atoms with van der Waals surface area (Å²) in [6.07, 6.45) is 1.59. The van der Waals surface area contributed by atoms with Gasteiger partial charge in [0.2, 0.25) is 0 Å². The zero-order chi connectivity index (χ0) is 19.8. The molecule has 28 heavy (non-hydrogen) atoms. The highest BCUT2D eigenvalue weighted by Crippen LogP contribution is 2.24. The highest BCUT2D eigenvalue weighted by Gasteiger charge is 2.13. The van der Waals surface area contributed by atoms with Crippen molar-refractivity contribution in [3.63, 3.8) is 0 Å². The van der Waals surface area contributed by atoms with Crippen molar-refractivity contribution in [1.82, 2.24) is 5.32 Å². The Morgan fingerprint density at radius 1 is 0.929 bits per heavy atom. The molecule has 3 aromatic rings. The molecule has 3 aromatic carbocycles. The topological polar surface area (TPSA) is 38.3 Å². The van der Waals surface area contributed by atoms with Crippen LogP contribution < -0.4 is 10.1 Å². The van der Waals surface area contributed by atoms with Crippen molar-refractivity contribution in [3.05, 3.63) is 99.5 Å². The Kier molecular flexibility index (Phi) is 7.35. The minimum atomic E-state index is -0.204. The molecule has 3 rings (SSSR count). The van der Waals surface area contributed by atoms with Crippen LogP contribution in [0.4, 0.5) is 0 Å². The summed E-state index contributed by atoms with van der Waals surface area (Å²) < 4.78 is 5.85. The van der Waals surface area contributed by atoms with Crippen molar-refractivity contribution in [2.75, 3.05) is 6.54 Å². The standard InChI is InChI=1S/C23H21Cl2NO2/c24-19-12-13-22(28-16-17-7-2-1-3-8-17)20(15-19)23(27)26-14-6-10-18-9-4-5-11-21(18)25/h1-5,7-9,11-13,15H,6,10,14,16H2,(H,26,27). The first-order valence-electron chi connectivity index (χ1n) is 9.11. The fourth-order valence-corrected chi connectivity index (χ4v) is 3.22. The van der Waals surface area contributed by atoms with E-state index >= 15 is 0 Å². The second-order valence-corrected chi connectivity index (χ2v) is 7.21. The fourth-order valence-electron chi connectivity index (χ4n) is 2.82. The van der Waals surface area contributed by atoms with Gasteiger partial charge in [-0.3, -0.25) is 4.79 Å². The molecule has 0 aromatic heterocycles. The molecule has 0 spiro atoms. The van der Waals surface area contributed by atoms with Crippen LogP contribution in [0.3, 0.4) is 0 Å². The third-order valence-electron chi connectivity index (χ3n) is 4.29. The summed E-state index contributed by atoms with van der Waals surface area (Å²) in [6.45, 7) is 0.921. The fraction of sp³-hybridized carbons (Fsp3) is 0.174. The van der Waals surface area contributed by atoms with Gasteiger partial charge in [0, 0.05) is 16.6 Å². The molecular formula is C23H21Cl2NO2. The van der Waals surface area contributed by atoms with Crippen LogP contribution in [-0.4, -0.2) is 12.5 Å². The van der Waals surface area contributed by atoms with Crippen molar-refractivity contribution in [3.8, 4) is 5.75 Å². The highest BCUT2D eigenvalue weighted by atomic mass is 35.5. The van der Waals surface area contributed by atoms with E-state index < -0.39 is 0 Å².